The number of alkyl carbamates (subject to hydrolysis) is 1. The van der Waals surface area contributed by atoms with E-state index >= 15 is 0 Å². The van der Waals surface area contributed by atoms with Crippen LogP contribution >= 0.6 is 0 Å². The Morgan fingerprint density at radius 2 is 1.75 bits per heavy atom. The van der Waals surface area contributed by atoms with E-state index in [4.69, 9.17) is 14.5 Å². The average molecular weight is 750 g/mol. The summed E-state index contributed by atoms with van der Waals surface area (Å²) in [5, 5.41) is 7.01. The van der Waals surface area contributed by atoms with Crippen LogP contribution in [0.5, 0.6) is 5.88 Å². The van der Waals surface area contributed by atoms with Gasteiger partial charge >= 0.3 is 6.09 Å². The summed E-state index contributed by atoms with van der Waals surface area (Å²) in [4.78, 5) is 62.1. The molecule has 1 unspecified atom stereocenters. The van der Waals surface area contributed by atoms with Crippen LogP contribution in [0, 0.1) is 5.92 Å². The van der Waals surface area contributed by atoms with Crippen molar-refractivity contribution in [2.75, 3.05) is 6.54 Å². The Morgan fingerprint density at radius 3 is 2.51 bits per heavy atom. The van der Waals surface area contributed by atoms with Crippen LogP contribution in [-0.4, -0.2) is 83.2 Å². The number of hydrogen-bond acceptors (Lipinski definition) is 9. The molecule has 1 saturated heterocycles. The van der Waals surface area contributed by atoms with Gasteiger partial charge in [0.1, 0.15) is 29.3 Å². The Labute approximate surface area is 311 Å². The van der Waals surface area contributed by atoms with E-state index in [1.807, 2.05) is 30.4 Å². The van der Waals surface area contributed by atoms with Gasteiger partial charge in [-0.3, -0.25) is 19.1 Å². The van der Waals surface area contributed by atoms with Gasteiger partial charge in [0, 0.05) is 23.4 Å². The minimum Gasteiger partial charge on any atom is -0.472 e. The number of aryl methyl sites for hydroxylation is 2. The molecule has 2 saturated carbocycles. The van der Waals surface area contributed by atoms with Crippen LogP contribution in [0.1, 0.15) is 103 Å². The van der Waals surface area contributed by atoms with E-state index in [1.54, 1.807) is 20.8 Å². The number of carbonyl (C=O) groups excluding carboxylic acids is 4. The molecule has 2 aromatic rings. The number of aromatic nitrogens is 1. The third-order valence-corrected chi connectivity index (χ3v) is 12.8. The van der Waals surface area contributed by atoms with E-state index in [0.29, 0.717) is 38.0 Å². The number of nitrogens with one attached hydrogen (secondary N) is 3. The van der Waals surface area contributed by atoms with Crippen molar-refractivity contribution >= 4 is 44.6 Å². The molecule has 3 N–H and O–H groups in total. The molecule has 3 fully saturated rings. The SMILES string of the molecule is CC(C)(C)OC(=O)N[C@H]1CCCCC/C=C\[C@@H]2C[C@@]2(C(=O)NS(=O)(=O)C2CC2)NC(=O)C2C[C@@H](Oc3nc4c(c5ccccc35)CCCC4)CN2C1=O. The monoisotopic (exact) mass is 749 g/mol. The Hall–Kier alpha value is -4.20. The van der Waals surface area contributed by atoms with Gasteiger partial charge < -0.3 is 25.0 Å². The van der Waals surface area contributed by atoms with Crippen LogP contribution in [0.4, 0.5) is 4.79 Å². The van der Waals surface area contributed by atoms with Crippen LogP contribution < -0.4 is 20.1 Å². The number of hydrogen-bond donors (Lipinski definition) is 3. The van der Waals surface area contributed by atoms with Crippen LogP contribution in [-0.2, 0) is 42.0 Å². The number of amides is 4. The van der Waals surface area contributed by atoms with Crippen molar-refractivity contribution in [2.24, 2.45) is 5.92 Å². The second-order valence-corrected chi connectivity index (χ2v) is 18.2. The smallest absolute Gasteiger partial charge is 0.408 e. The molecule has 286 valence electrons. The van der Waals surface area contributed by atoms with Gasteiger partial charge in [-0.25, -0.2) is 18.2 Å². The van der Waals surface area contributed by atoms with Crippen molar-refractivity contribution in [3.63, 3.8) is 0 Å². The number of nitrogens with zero attached hydrogens (tertiary/aromatic N) is 2. The molecule has 7 rings (SSSR count). The molecule has 3 heterocycles. The molecule has 5 atom stereocenters. The summed E-state index contributed by atoms with van der Waals surface area (Å²) >= 11 is 0. The lowest BCUT2D eigenvalue weighted by Crippen LogP contribution is -2.58. The summed E-state index contributed by atoms with van der Waals surface area (Å²) in [6, 6.07) is 5.93. The zero-order chi connectivity index (χ0) is 37.5. The van der Waals surface area contributed by atoms with Crippen molar-refractivity contribution in [2.45, 2.75) is 139 Å². The number of allylic oxidation sites excluding steroid dienone is 1. The highest BCUT2D eigenvalue weighted by molar-refractivity contribution is 7.91. The number of fused-ring (bicyclic) bond motifs is 5. The fourth-order valence-corrected chi connectivity index (χ4v) is 9.33. The van der Waals surface area contributed by atoms with Crippen LogP contribution in [0.25, 0.3) is 10.8 Å². The first-order chi connectivity index (χ1) is 25.2. The lowest BCUT2D eigenvalue weighted by molar-refractivity contribution is -0.141. The van der Waals surface area contributed by atoms with E-state index in [-0.39, 0.29) is 19.4 Å². The third-order valence-electron chi connectivity index (χ3n) is 11.0. The predicted molar refractivity (Wildman–Crippen MR) is 197 cm³/mol. The van der Waals surface area contributed by atoms with Gasteiger partial charge in [-0.1, -0.05) is 43.2 Å². The van der Waals surface area contributed by atoms with Crippen molar-refractivity contribution < 1.29 is 37.1 Å². The summed E-state index contributed by atoms with van der Waals surface area (Å²) in [7, 11) is -3.88. The molecule has 2 aliphatic heterocycles. The Balaban J connectivity index is 1.20. The highest BCUT2D eigenvalue weighted by atomic mass is 32.2. The van der Waals surface area contributed by atoms with Crippen molar-refractivity contribution in [3.05, 3.63) is 47.7 Å². The second kappa shape index (κ2) is 14.6. The van der Waals surface area contributed by atoms with Crippen molar-refractivity contribution in [3.8, 4) is 5.88 Å². The van der Waals surface area contributed by atoms with Gasteiger partial charge in [-0.2, -0.15) is 0 Å². The van der Waals surface area contributed by atoms with Gasteiger partial charge in [0.25, 0.3) is 5.91 Å². The fourth-order valence-electron chi connectivity index (χ4n) is 7.96. The normalized spacial score (nSPS) is 28.6. The number of rotatable bonds is 6. The van der Waals surface area contributed by atoms with E-state index in [9.17, 15) is 27.6 Å². The number of sulfonamides is 1. The van der Waals surface area contributed by atoms with E-state index in [2.05, 4.69) is 21.4 Å². The first-order valence-corrected chi connectivity index (χ1v) is 20.7. The summed E-state index contributed by atoms with van der Waals surface area (Å²) in [6.45, 7) is 5.26. The zero-order valence-corrected chi connectivity index (χ0v) is 31.6. The Kier molecular flexibility index (Phi) is 10.2. The summed E-state index contributed by atoms with van der Waals surface area (Å²) < 4.78 is 40.1. The minimum absolute atomic E-state index is 0.0368. The third kappa shape index (κ3) is 8.17. The molecule has 13 nitrogen and oxygen atoms in total. The number of benzene rings is 1. The Bertz CT molecular complexity index is 1920. The van der Waals surface area contributed by atoms with Gasteiger partial charge in [0.15, 0.2) is 0 Å². The quantitative estimate of drug-likeness (QED) is 0.363. The van der Waals surface area contributed by atoms with Crippen LogP contribution in [0.3, 0.4) is 0 Å². The maximum absolute atomic E-state index is 14.5. The molecule has 0 bridgehead atoms. The van der Waals surface area contributed by atoms with E-state index in [0.717, 1.165) is 55.0 Å². The van der Waals surface area contributed by atoms with Crippen molar-refractivity contribution in [1.82, 2.24) is 25.2 Å². The second-order valence-electron chi connectivity index (χ2n) is 16.3. The summed E-state index contributed by atoms with van der Waals surface area (Å²) in [6.07, 6.45) is 11.0. The molecular weight excluding hydrogens is 699 g/mol. The largest absolute Gasteiger partial charge is 0.472 e. The molecule has 3 aliphatic carbocycles. The standard InChI is InChI=1S/C39H51N5O8S/c1-38(2,3)52-37(48)41-31-18-8-6-4-5-7-13-24-22-39(24,36(47)43-53(49,50)26-19-20-26)42-33(45)32-21-25(23-44(32)35(31)46)51-34-29-16-10-9-14-27(29)28-15-11-12-17-30(28)40-34/h7,9-10,13-14,16,24-26,31-32H,4-6,8,11-12,15,17-23H2,1-3H3,(H,41,48)(H,42,45)(H,43,47)/b13-7-/t24-,25-,31+,32?,39-/m1/s1. The first kappa shape index (κ1) is 37.1. The minimum atomic E-state index is -3.88. The van der Waals surface area contributed by atoms with Crippen molar-refractivity contribution in [1.29, 1.82) is 0 Å². The topological polar surface area (TPSA) is 173 Å². The number of ether oxygens (including phenoxy) is 2. The molecule has 0 radical (unpaired) electrons. The molecule has 53 heavy (non-hydrogen) atoms. The fraction of sp³-hybridized carbons (Fsp3) is 0.615. The Morgan fingerprint density at radius 1 is 1.00 bits per heavy atom. The molecule has 1 aromatic carbocycles. The lowest BCUT2D eigenvalue weighted by atomic mass is 9.92. The maximum Gasteiger partial charge on any atom is 0.408 e. The van der Waals surface area contributed by atoms with Gasteiger partial charge in [-0.15, -0.1) is 0 Å². The molecular formula is C39H51N5O8S. The first-order valence-electron chi connectivity index (χ1n) is 19.2. The van der Waals surface area contributed by atoms with Gasteiger partial charge in [-0.05, 0) is 102 Å². The molecule has 0 spiro atoms. The van der Waals surface area contributed by atoms with Crippen LogP contribution in [0.2, 0.25) is 0 Å². The number of pyridine rings is 1. The molecule has 1 aromatic heterocycles. The average Bonchev–Trinajstić information content (AvgIpc) is 4.03. The predicted octanol–water partition coefficient (Wildman–Crippen LogP) is 4.36. The van der Waals surface area contributed by atoms with Gasteiger partial charge in [0.05, 0.1) is 11.8 Å². The van der Waals surface area contributed by atoms with E-state index in [1.165, 1.54) is 10.5 Å². The molecule has 5 aliphatic rings. The highest BCUT2D eigenvalue weighted by Gasteiger charge is 2.62. The highest BCUT2D eigenvalue weighted by Crippen LogP contribution is 2.46. The number of carbonyl (C=O) groups is 4. The van der Waals surface area contributed by atoms with Gasteiger partial charge in [0.2, 0.25) is 27.7 Å². The van der Waals surface area contributed by atoms with Crippen LogP contribution in [0.15, 0.2) is 36.4 Å². The zero-order valence-electron chi connectivity index (χ0n) is 30.8. The maximum atomic E-state index is 14.5. The summed E-state index contributed by atoms with van der Waals surface area (Å²) in [5.41, 5.74) is -0.0468. The molecule has 14 heteroatoms. The lowest BCUT2D eigenvalue weighted by Gasteiger charge is -2.30. The summed E-state index contributed by atoms with van der Waals surface area (Å²) in [5.74, 6) is -1.78. The van der Waals surface area contributed by atoms with E-state index < -0.39 is 74.3 Å². The molecule has 4 amide bonds.